The molecule has 2 aromatic carbocycles. The van der Waals surface area contributed by atoms with E-state index >= 15 is 0 Å². The number of carbonyl (C=O) groups excluding carboxylic acids is 2. The molecule has 2 aromatic rings. The number of amides is 2. The first-order valence-corrected chi connectivity index (χ1v) is 9.60. The SMILES string of the molecule is O=C(CC1SCCNC1=O)Nc1ccccc1Sc1ccccc1. The number of carbonyl (C=O) groups is 2. The highest BCUT2D eigenvalue weighted by molar-refractivity contribution is 8.00. The van der Waals surface area contributed by atoms with E-state index in [2.05, 4.69) is 10.6 Å². The lowest BCUT2D eigenvalue weighted by Gasteiger charge is -2.21. The largest absolute Gasteiger partial charge is 0.354 e. The van der Waals surface area contributed by atoms with Crippen LogP contribution >= 0.6 is 23.5 Å². The van der Waals surface area contributed by atoms with Crippen LogP contribution in [0.4, 0.5) is 5.69 Å². The Morgan fingerprint density at radius 3 is 2.71 bits per heavy atom. The Morgan fingerprint density at radius 1 is 1.17 bits per heavy atom. The van der Waals surface area contributed by atoms with E-state index in [0.29, 0.717) is 6.54 Å². The average Bonchev–Trinajstić information content (AvgIpc) is 2.60. The fourth-order valence-electron chi connectivity index (χ4n) is 2.36. The van der Waals surface area contributed by atoms with E-state index in [1.54, 1.807) is 11.8 Å². The van der Waals surface area contributed by atoms with Gasteiger partial charge in [0.2, 0.25) is 11.8 Å². The van der Waals surface area contributed by atoms with E-state index in [1.165, 1.54) is 11.8 Å². The first-order chi connectivity index (χ1) is 11.7. The Balaban J connectivity index is 1.66. The molecule has 0 bridgehead atoms. The van der Waals surface area contributed by atoms with Crippen LogP contribution < -0.4 is 10.6 Å². The Kier molecular flexibility index (Phi) is 5.82. The summed E-state index contributed by atoms with van der Waals surface area (Å²) in [5.41, 5.74) is 0.776. The van der Waals surface area contributed by atoms with Crippen LogP contribution in [-0.4, -0.2) is 29.4 Å². The highest BCUT2D eigenvalue weighted by Crippen LogP contribution is 2.33. The van der Waals surface area contributed by atoms with Gasteiger partial charge < -0.3 is 10.6 Å². The van der Waals surface area contributed by atoms with Gasteiger partial charge in [-0.15, -0.1) is 11.8 Å². The zero-order valence-electron chi connectivity index (χ0n) is 13.0. The highest BCUT2D eigenvalue weighted by atomic mass is 32.2. The number of hydrogen-bond acceptors (Lipinski definition) is 4. The maximum Gasteiger partial charge on any atom is 0.233 e. The minimum Gasteiger partial charge on any atom is -0.354 e. The summed E-state index contributed by atoms with van der Waals surface area (Å²) in [7, 11) is 0. The van der Waals surface area contributed by atoms with Crippen LogP contribution in [0.5, 0.6) is 0 Å². The normalized spacial score (nSPS) is 17.2. The van der Waals surface area contributed by atoms with E-state index < -0.39 is 0 Å². The van der Waals surface area contributed by atoms with Crippen molar-refractivity contribution in [2.45, 2.75) is 21.5 Å². The molecule has 3 rings (SSSR count). The van der Waals surface area contributed by atoms with Crippen LogP contribution in [0.15, 0.2) is 64.4 Å². The summed E-state index contributed by atoms with van der Waals surface area (Å²) >= 11 is 3.14. The van der Waals surface area contributed by atoms with E-state index in [-0.39, 0.29) is 23.5 Å². The fraction of sp³-hybridized carbons (Fsp3) is 0.222. The van der Waals surface area contributed by atoms with Gasteiger partial charge in [-0.2, -0.15) is 0 Å². The summed E-state index contributed by atoms with van der Waals surface area (Å²) in [6, 6.07) is 17.7. The number of benzene rings is 2. The lowest BCUT2D eigenvalue weighted by atomic mass is 10.2. The summed E-state index contributed by atoms with van der Waals surface area (Å²) in [6.45, 7) is 0.679. The van der Waals surface area contributed by atoms with Gasteiger partial charge in [0.15, 0.2) is 0 Å². The molecule has 0 spiro atoms. The highest BCUT2D eigenvalue weighted by Gasteiger charge is 2.25. The molecule has 1 aliphatic heterocycles. The van der Waals surface area contributed by atoms with Gasteiger partial charge in [0.1, 0.15) is 0 Å². The van der Waals surface area contributed by atoms with Crippen LogP contribution in [-0.2, 0) is 9.59 Å². The van der Waals surface area contributed by atoms with Crippen molar-refractivity contribution in [3.63, 3.8) is 0 Å². The summed E-state index contributed by atoms with van der Waals surface area (Å²) in [4.78, 5) is 26.2. The van der Waals surface area contributed by atoms with Crippen LogP contribution in [0.3, 0.4) is 0 Å². The van der Waals surface area contributed by atoms with E-state index in [0.717, 1.165) is 21.2 Å². The molecule has 2 N–H and O–H groups in total. The third kappa shape index (κ3) is 4.55. The molecule has 1 fully saturated rings. The van der Waals surface area contributed by atoms with Crippen molar-refractivity contribution in [1.29, 1.82) is 0 Å². The van der Waals surface area contributed by atoms with Crippen molar-refractivity contribution >= 4 is 41.0 Å². The van der Waals surface area contributed by atoms with Crippen molar-refractivity contribution in [2.75, 3.05) is 17.6 Å². The molecule has 0 aliphatic carbocycles. The molecule has 1 heterocycles. The Bertz CT molecular complexity index is 722. The minimum atomic E-state index is -0.298. The second-order valence-electron chi connectivity index (χ2n) is 5.31. The zero-order chi connectivity index (χ0) is 16.8. The Morgan fingerprint density at radius 2 is 1.92 bits per heavy atom. The number of hydrogen-bond donors (Lipinski definition) is 2. The molecular formula is C18H18N2O2S2. The summed E-state index contributed by atoms with van der Waals surface area (Å²) in [5, 5.41) is 5.45. The predicted molar refractivity (Wildman–Crippen MR) is 99.5 cm³/mol. The fourth-order valence-corrected chi connectivity index (χ4v) is 4.29. The molecule has 1 atom stereocenters. The van der Waals surface area contributed by atoms with E-state index in [1.807, 2.05) is 54.6 Å². The van der Waals surface area contributed by atoms with Crippen LogP contribution in [0.1, 0.15) is 6.42 Å². The summed E-state index contributed by atoms with van der Waals surface area (Å²) in [5.74, 6) is 0.670. The lowest BCUT2D eigenvalue weighted by Crippen LogP contribution is -2.40. The quantitative estimate of drug-likeness (QED) is 0.860. The zero-order valence-corrected chi connectivity index (χ0v) is 14.7. The summed E-state index contributed by atoms with van der Waals surface area (Å²) in [6.07, 6.45) is 0.195. The third-order valence-electron chi connectivity index (χ3n) is 3.52. The second kappa shape index (κ2) is 8.26. The molecule has 6 heteroatoms. The number of rotatable bonds is 5. The van der Waals surface area contributed by atoms with E-state index in [4.69, 9.17) is 0 Å². The van der Waals surface area contributed by atoms with Gasteiger partial charge in [0, 0.05) is 28.5 Å². The number of para-hydroxylation sites is 1. The average molecular weight is 358 g/mol. The van der Waals surface area contributed by atoms with Gasteiger partial charge in [-0.25, -0.2) is 0 Å². The van der Waals surface area contributed by atoms with Gasteiger partial charge in [0.25, 0.3) is 0 Å². The Hall–Kier alpha value is -1.92. The molecule has 1 unspecified atom stereocenters. The first kappa shape index (κ1) is 16.9. The maximum atomic E-state index is 12.3. The number of nitrogens with one attached hydrogen (secondary N) is 2. The monoisotopic (exact) mass is 358 g/mol. The molecule has 1 saturated heterocycles. The van der Waals surface area contributed by atoms with Crippen molar-refractivity contribution in [2.24, 2.45) is 0 Å². The lowest BCUT2D eigenvalue weighted by molar-refractivity contribution is -0.123. The molecule has 4 nitrogen and oxygen atoms in total. The predicted octanol–water partition coefficient (Wildman–Crippen LogP) is 3.40. The molecule has 0 saturated carbocycles. The maximum absolute atomic E-state index is 12.3. The first-order valence-electron chi connectivity index (χ1n) is 7.73. The van der Waals surface area contributed by atoms with Gasteiger partial charge in [-0.3, -0.25) is 9.59 Å². The van der Waals surface area contributed by atoms with Crippen LogP contribution in [0.25, 0.3) is 0 Å². The minimum absolute atomic E-state index is 0.0478. The van der Waals surface area contributed by atoms with Crippen LogP contribution in [0, 0.1) is 0 Å². The van der Waals surface area contributed by atoms with Crippen molar-refractivity contribution in [3.05, 3.63) is 54.6 Å². The number of thioether (sulfide) groups is 1. The van der Waals surface area contributed by atoms with Crippen LogP contribution in [0.2, 0.25) is 0 Å². The molecule has 124 valence electrons. The van der Waals surface area contributed by atoms with Gasteiger partial charge in [-0.05, 0) is 24.3 Å². The second-order valence-corrected chi connectivity index (χ2v) is 7.74. The molecular weight excluding hydrogens is 340 g/mol. The Labute approximate surface area is 149 Å². The molecule has 1 aliphatic rings. The third-order valence-corrected chi connectivity index (χ3v) is 5.82. The topological polar surface area (TPSA) is 58.2 Å². The molecule has 0 radical (unpaired) electrons. The van der Waals surface area contributed by atoms with Gasteiger partial charge >= 0.3 is 0 Å². The molecule has 24 heavy (non-hydrogen) atoms. The van der Waals surface area contributed by atoms with E-state index in [9.17, 15) is 9.59 Å². The van der Waals surface area contributed by atoms with Gasteiger partial charge in [-0.1, -0.05) is 42.1 Å². The smallest absolute Gasteiger partial charge is 0.233 e. The standard InChI is InChI=1S/C18H18N2O2S2/c21-17(12-16-18(22)19-10-11-23-16)20-14-8-4-5-9-15(14)24-13-6-2-1-3-7-13/h1-9,16H,10-12H2,(H,19,22)(H,20,21). The molecule has 2 amide bonds. The van der Waals surface area contributed by atoms with Crippen molar-refractivity contribution in [3.8, 4) is 0 Å². The van der Waals surface area contributed by atoms with Crippen molar-refractivity contribution < 1.29 is 9.59 Å². The molecule has 0 aromatic heterocycles. The van der Waals surface area contributed by atoms with Gasteiger partial charge in [0.05, 0.1) is 10.9 Å². The number of anilines is 1. The van der Waals surface area contributed by atoms with Crippen molar-refractivity contribution in [1.82, 2.24) is 5.32 Å². The summed E-state index contributed by atoms with van der Waals surface area (Å²) < 4.78 is 0.